The first kappa shape index (κ1) is 23.8. The number of anilines is 1. The number of hydrazine groups is 1. The SMILES string of the molecule is COc1ccc(C2=C(Nc3ccc(Cl)cn3)NC3=C(c4ccccc4)C(c4ccccc4)NN3C2=O)cc1. The maximum absolute atomic E-state index is 14.2. The number of halogens is 1. The van der Waals surface area contributed by atoms with E-state index in [1.54, 1.807) is 30.4 Å². The van der Waals surface area contributed by atoms with Gasteiger partial charge in [0.25, 0.3) is 5.91 Å². The Bertz CT molecular complexity index is 1540. The molecule has 3 aromatic carbocycles. The summed E-state index contributed by atoms with van der Waals surface area (Å²) in [4.78, 5) is 18.6. The Hall–Kier alpha value is -4.59. The fraction of sp³-hybridized carbons (Fsp3) is 0.0667. The third-order valence-corrected chi connectivity index (χ3v) is 6.74. The number of ether oxygens (including phenoxy) is 1. The second-order valence-electron chi connectivity index (χ2n) is 8.83. The van der Waals surface area contributed by atoms with E-state index in [1.807, 2.05) is 72.8 Å². The van der Waals surface area contributed by atoms with Crippen LogP contribution in [0.4, 0.5) is 5.82 Å². The second kappa shape index (κ2) is 10.0. The Morgan fingerprint density at radius 1 is 0.895 bits per heavy atom. The molecule has 4 aromatic rings. The highest BCUT2D eigenvalue weighted by Gasteiger charge is 2.42. The van der Waals surface area contributed by atoms with E-state index in [2.05, 4.69) is 33.2 Å². The molecule has 1 unspecified atom stereocenters. The number of carbonyl (C=O) groups excluding carboxylic acids is 1. The number of benzene rings is 3. The third-order valence-electron chi connectivity index (χ3n) is 6.51. The molecule has 6 rings (SSSR count). The van der Waals surface area contributed by atoms with Gasteiger partial charge in [0.2, 0.25) is 0 Å². The van der Waals surface area contributed by atoms with Crippen molar-refractivity contribution in [3.63, 3.8) is 0 Å². The fourth-order valence-electron chi connectivity index (χ4n) is 4.70. The number of nitrogens with one attached hydrogen (secondary N) is 3. The lowest BCUT2D eigenvalue weighted by Gasteiger charge is -2.31. The van der Waals surface area contributed by atoms with Gasteiger partial charge in [-0.05, 0) is 41.0 Å². The van der Waals surface area contributed by atoms with Crippen molar-refractivity contribution < 1.29 is 9.53 Å². The molecule has 1 amide bonds. The van der Waals surface area contributed by atoms with Crippen molar-refractivity contribution in [3.8, 4) is 5.75 Å². The van der Waals surface area contributed by atoms with Crippen LogP contribution in [-0.2, 0) is 4.79 Å². The van der Waals surface area contributed by atoms with Gasteiger partial charge in [0.05, 0.1) is 23.7 Å². The Balaban J connectivity index is 1.51. The van der Waals surface area contributed by atoms with Crippen molar-refractivity contribution in [1.29, 1.82) is 0 Å². The Labute approximate surface area is 225 Å². The predicted molar refractivity (Wildman–Crippen MR) is 148 cm³/mol. The molecule has 2 aliphatic rings. The normalized spacial score (nSPS) is 16.8. The van der Waals surface area contributed by atoms with Gasteiger partial charge in [-0.1, -0.05) is 84.4 Å². The fourth-order valence-corrected chi connectivity index (χ4v) is 4.82. The highest BCUT2D eigenvalue weighted by atomic mass is 35.5. The number of hydrogen-bond donors (Lipinski definition) is 3. The average molecular weight is 522 g/mol. The molecule has 38 heavy (non-hydrogen) atoms. The number of nitrogens with zero attached hydrogens (tertiary/aromatic N) is 2. The van der Waals surface area contributed by atoms with Gasteiger partial charge < -0.3 is 15.4 Å². The van der Waals surface area contributed by atoms with Crippen LogP contribution in [0.15, 0.2) is 115 Å². The summed E-state index contributed by atoms with van der Waals surface area (Å²) in [7, 11) is 1.61. The maximum Gasteiger partial charge on any atom is 0.278 e. The number of pyridine rings is 1. The minimum atomic E-state index is -0.241. The van der Waals surface area contributed by atoms with Crippen molar-refractivity contribution >= 4 is 34.5 Å². The largest absolute Gasteiger partial charge is 0.497 e. The molecule has 0 fully saturated rings. The van der Waals surface area contributed by atoms with Gasteiger partial charge in [0.15, 0.2) is 0 Å². The zero-order valence-electron chi connectivity index (χ0n) is 20.5. The quantitative estimate of drug-likeness (QED) is 0.307. The molecule has 0 saturated heterocycles. The monoisotopic (exact) mass is 521 g/mol. The number of aromatic nitrogens is 1. The summed E-state index contributed by atoms with van der Waals surface area (Å²) in [5, 5.41) is 8.96. The van der Waals surface area contributed by atoms with Crippen LogP contribution < -0.4 is 20.8 Å². The lowest BCUT2D eigenvalue weighted by Crippen LogP contribution is -2.47. The highest BCUT2D eigenvalue weighted by Crippen LogP contribution is 2.41. The molecular weight excluding hydrogens is 498 g/mol. The third kappa shape index (κ3) is 4.38. The van der Waals surface area contributed by atoms with E-state index in [0.717, 1.165) is 22.3 Å². The van der Waals surface area contributed by atoms with Gasteiger partial charge in [-0.3, -0.25) is 4.79 Å². The second-order valence-corrected chi connectivity index (χ2v) is 9.27. The average Bonchev–Trinajstić information content (AvgIpc) is 3.35. The molecule has 0 aliphatic carbocycles. The summed E-state index contributed by atoms with van der Waals surface area (Å²) in [6, 6.07) is 30.8. The van der Waals surface area contributed by atoms with Gasteiger partial charge in [0.1, 0.15) is 23.2 Å². The number of fused-ring (bicyclic) bond motifs is 1. The molecule has 0 saturated carbocycles. The summed E-state index contributed by atoms with van der Waals surface area (Å²) in [5.41, 5.74) is 7.64. The van der Waals surface area contributed by atoms with E-state index in [1.165, 1.54) is 0 Å². The minimum absolute atomic E-state index is 0.202. The van der Waals surface area contributed by atoms with Gasteiger partial charge >= 0.3 is 0 Å². The minimum Gasteiger partial charge on any atom is -0.497 e. The molecule has 1 aromatic heterocycles. The van der Waals surface area contributed by atoms with Crippen LogP contribution >= 0.6 is 11.6 Å². The summed E-state index contributed by atoms with van der Waals surface area (Å²) in [6.07, 6.45) is 1.56. The first-order valence-corrected chi connectivity index (χ1v) is 12.5. The van der Waals surface area contributed by atoms with Crippen LogP contribution in [0.1, 0.15) is 22.7 Å². The first-order valence-electron chi connectivity index (χ1n) is 12.1. The molecule has 0 radical (unpaired) electrons. The van der Waals surface area contributed by atoms with Gasteiger partial charge in [-0.15, -0.1) is 0 Å². The molecule has 8 heteroatoms. The summed E-state index contributed by atoms with van der Waals surface area (Å²) in [6.45, 7) is 0. The van der Waals surface area contributed by atoms with Crippen LogP contribution in [0.5, 0.6) is 5.75 Å². The summed E-state index contributed by atoms with van der Waals surface area (Å²) in [5.74, 6) is 2.23. The van der Waals surface area contributed by atoms with E-state index in [-0.39, 0.29) is 11.9 Å². The van der Waals surface area contributed by atoms with Gasteiger partial charge in [-0.2, -0.15) is 0 Å². The Morgan fingerprint density at radius 2 is 1.61 bits per heavy atom. The van der Waals surface area contributed by atoms with E-state index in [9.17, 15) is 4.79 Å². The Kier molecular flexibility index (Phi) is 6.29. The summed E-state index contributed by atoms with van der Waals surface area (Å²) < 4.78 is 5.33. The van der Waals surface area contributed by atoms with E-state index in [4.69, 9.17) is 16.3 Å². The van der Waals surface area contributed by atoms with Crippen LogP contribution in [0.25, 0.3) is 11.1 Å². The maximum atomic E-state index is 14.2. The number of amides is 1. The molecule has 0 bridgehead atoms. The predicted octanol–water partition coefficient (Wildman–Crippen LogP) is 5.58. The van der Waals surface area contributed by atoms with Crippen molar-refractivity contribution in [3.05, 3.63) is 137 Å². The molecule has 2 aliphatic heterocycles. The molecular formula is C30H24ClN5O2. The highest BCUT2D eigenvalue weighted by molar-refractivity contribution is 6.30. The smallest absolute Gasteiger partial charge is 0.278 e. The zero-order valence-corrected chi connectivity index (χ0v) is 21.2. The molecule has 3 N–H and O–H groups in total. The van der Waals surface area contributed by atoms with E-state index < -0.39 is 0 Å². The summed E-state index contributed by atoms with van der Waals surface area (Å²) >= 11 is 6.06. The van der Waals surface area contributed by atoms with Crippen molar-refractivity contribution in [2.24, 2.45) is 0 Å². The molecule has 0 spiro atoms. The van der Waals surface area contributed by atoms with Gasteiger partial charge in [-0.25, -0.2) is 15.4 Å². The van der Waals surface area contributed by atoms with E-state index in [0.29, 0.717) is 33.8 Å². The Morgan fingerprint density at radius 3 is 2.26 bits per heavy atom. The van der Waals surface area contributed by atoms with Crippen LogP contribution in [0.2, 0.25) is 5.02 Å². The lowest BCUT2D eigenvalue weighted by molar-refractivity contribution is -0.126. The van der Waals surface area contributed by atoms with Crippen LogP contribution in [0, 0.1) is 0 Å². The molecule has 1 atom stereocenters. The topological polar surface area (TPSA) is 78.5 Å². The van der Waals surface area contributed by atoms with E-state index >= 15 is 0 Å². The van der Waals surface area contributed by atoms with Gasteiger partial charge in [0, 0.05) is 11.8 Å². The molecule has 188 valence electrons. The van der Waals surface area contributed by atoms with Crippen molar-refractivity contribution in [2.75, 3.05) is 12.4 Å². The standard InChI is InChI=1S/C30H24ClN5O2/c1-38-23-15-12-20(13-16-23)26-28(33-24-17-14-22(31)18-32-24)34-29-25(19-8-4-2-5-9-19)27(35-36(29)30(26)37)21-10-6-3-7-11-21/h2-18,27,34-35H,1H3,(H,32,33). The van der Waals surface area contributed by atoms with Crippen molar-refractivity contribution in [2.45, 2.75) is 6.04 Å². The number of carbonyl (C=O) groups is 1. The number of rotatable bonds is 6. The van der Waals surface area contributed by atoms with Crippen LogP contribution in [-0.4, -0.2) is 23.0 Å². The number of hydrogen-bond acceptors (Lipinski definition) is 6. The first-order chi connectivity index (χ1) is 18.6. The molecule has 7 nitrogen and oxygen atoms in total. The van der Waals surface area contributed by atoms with Crippen LogP contribution in [0.3, 0.4) is 0 Å². The van der Waals surface area contributed by atoms with Crippen molar-refractivity contribution in [1.82, 2.24) is 20.7 Å². The number of methoxy groups -OCH3 is 1. The lowest BCUT2D eigenvalue weighted by atomic mass is 9.94. The zero-order chi connectivity index (χ0) is 26.1. The molecule has 3 heterocycles.